The van der Waals surface area contributed by atoms with E-state index in [-0.39, 0.29) is 28.5 Å². The van der Waals surface area contributed by atoms with Crippen LogP contribution in [0.25, 0.3) is 6.08 Å². The second-order valence-electron chi connectivity index (χ2n) is 7.96. The molecule has 0 aromatic heterocycles. The molecular weight excluding hydrogens is 643 g/mol. The molecule has 15 heteroatoms. The maximum absolute atomic E-state index is 13.2. The molecule has 0 spiro atoms. The van der Waals surface area contributed by atoms with Crippen molar-refractivity contribution in [2.75, 3.05) is 19.1 Å². The monoisotopic (exact) mass is 660 g/mol. The van der Waals surface area contributed by atoms with Gasteiger partial charge in [0, 0.05) is 6.07 Å². The molecule has 1 fully saturated rings. The number of carbonyl (C=O) groups excluding carboxylic acids is 3. The second-order valence-corrected chi connectivity index (χ2v) is 9.12. The Labute approximate surface area is 238 Å². The molecule has 1 aliphatic heterocycles. The van der Waals surface area contributed by atoms with Crippen LogP contribution < -0.4 is 24.4 Å². The molecule has 1 aliphatic rings. The lowest BCUT2D eigenvalue weighted by molar-refractivity contribution is -0.394. The van der Waals surface area contributed by atoms with Crippen LogP contribution in [0, 0.1) is 23.8 Å². The number of amides is 4. The summed E-state index contributed by atoms with van der Waals surface area (Å²) in [6.07, 6.45) is 1.25. The number of nitro groups is 2. The summed E-state index contributed by atoms with van der Waals surface area (Å²) >= 11 is 1.86. The van der Waals surface area contributed by atoms with Crippen molar-refractivity contribution in [3.05, 3.63) is 89.5 Å². The number of nitrogens with zero attached hydrogens (tertiary/aromatic N) is 3. The zero-order valence-corrected chi connectivity index (χ0v) is 22.7. The second kappa shape index (κ2) is 11.4. The van der Waals surface area contributed by atoms with Crippen molar-refractivity contribution in [2.24, 2.45) is 0 Å². The standard InChI is InChI=1S/C25H17IN4O10/c1-38-16-6-3-14(4-7-16)28-24(32)17(23(31)27-25(28)33)9-13-10-18(26)22(21(11-13)39-2)40-20-8-5-15(29(34)35)12-19(20)30(36)37/h3-12H,1-2H3,(H,27,31,33)/b17-9-. The van der Waals surface area contributed by atoms with E-state index in [1.54, 1.807) is 12.1 Å². The highest BCUT2D eigenvalue weighted by molar-refractivity contribution is 14.1. The van der Waals surface area contributed by atoms with Crippen molar-refractivity contribution >= 4 is 63.6 Å². The maximum atomic E-state index is 13.2. The average Bonchev–Trinajstić information content (AvgIpc) is 2.92. The summed E-state index contributed by atoms with van der Waals surface area (Å²) in [6.45, 7) is 0. The number of hydrogen-bond donors (Lipinski definition) is 1. The molecule has 1 heterocycles. The molecule has 3 aromatic carbocycles. The van der Waals surface area contributed by atoms with Crippen molar-refractivity contribution in [2.45, 2.75) is 0 Å². The molecule has 0 radical (unpaired) electrons. The molecule has 0 unspecified atom stereocenters. The van der Waals surface area contributed by atoms with Crippen LogP contribution in [0.2, 0.25) is 0 Å². The highest BCUT2D eigenvalue weighted by Crippen LogP contribution is 2.41. The minimum atomic E-state index is -0.919. The Kier molecular flexibility index (Phi) is 7.94. The van der Waals surface area contributed by atoms with Crippen molar-refractivity contribution in [1.82, 2.24) is 5.32 Å². The van der Waals surface area contributed by atoms with Crippen molar-refractivity contribution < 1.29 is 38.4 Å². The van der Waals surface area contributed by atoms with E-state index in [4.69, 9.17) is 14.2 Å². The molecule has 0 saturated carbocycles. The number of urea groups is 1. The summed E-state index contributed by atoms with van der Waals surface area (Å²) in [5, 5.41) is 24.7. The van der Waals surface area contributed by atoms with E-state index in [0.29, 0.717) is 14.9 Å². The molecule has 0 bridgehead atoms. The Balaban J connectivity index is 1.70. The lowest BCUT2D eigenvalue weighted by Gasteiger charge is -2.26. The Bertz CT molecular complexity index is 1600. The van der Waals surface area contributed by atoms with Crippen LogP contribution >= 0.6 is 22.6 Å². The number of imide groups is 2. The number of ether oxygens (including phenoxy) is 3. The number of benzene rings is 3. The molecule has 1 saturated heterocycles. The number of methoxy groups -OCH3 is 2. The normalized spacial score (nSPS) is 14.1. The van der Waals surface area contributed by atoms with Crippen LogP contribution in [0.4, 0.5) is 21.9 Å². The number of anilines is 1. The first-order valence-electron chi connectivity index (χ1n) is 11.1. The van der Waals surface area contributed by atoms with Gasteiger partial charge in [-0.3, -0.25) is 35.1 Å². The van der Waals surface area contributed by atoms with Crippen molar-refractivity contribution in [1.29, 1.82) is 0 Å². The predicted molar refractivity (Wildman–Crippen MR) is 148 cm³/mol. The van der Waals surface area contributed by atoms with Gasteiger partial charge in [-0.25, -0.2) is 9.69 Å². The number of carbonyl (C=O) groups is 3. The molecule has 0 atom stereocenters. The number of barbiturate groups is 1. The van der Waals surface area contributed by atoms with Gasteiger partial charge in [0.25, 0.3) is 17.5 Å². The van der Waals surface area contributed by atoms with Gasteiger partial charge >= 0.3 is 11.7 Å². The minimum absolute atomic E-state index is 0.0525. The van der Waals surface area contributed by atoms with E-state index >= 15 is 0 Å². The van der Waals surface area contributed by atoms with E-state index in [1.807, 2.05) is 22.6 Å². The van der Waals surface area contributed by atoms with E-state index in [1.165, 1.54) is 44.6 Å². The highest BCUT2D eigenvalue weighted by Gasteiger charge is 2.37. The number of rotatable bonds is 8. The molecule has 40 heavy (non-hydrogen) atoms. The zero-order chi connectivity index (χ0) is 29.1. The summed E-state index contributed by atoms with van der Waals surface area (Å²) in [5.74, 6) is -1.41. The van der Waals surface area contributed by atoms with Crippen LogP contribution in [-0.4, -0.2) is 41.9 Å². The predicted octanol–water partition coefficient (Wildman–Crippen LogP) is 4.58. The Morgan fingerprint density at radius 2 is 1.60 bits per heavy atom. The smallest absolute Gasteiger partial charge is 0.335 e. The van der Waals surface area contributed by atoms with Gasteiger partial charge in [-0.2, -0.15) is 0 Å². The maximum Gasteiger partial charge on any atom is 0.335 e. The fraction of sp³-hybridized carbons (Fsp3) is 0.0800. The third kappa shape index (κ3) is 5.53. The molecule has 14 nitrogen and oxygen atoms in total. The number of halogens is 1. The van der Waals surface area contributed by atoms with E-state index in [2.05, 4.69) is 5.32 Å². The number of hydrogen-bond acceptors (Lipinski definition) is 10. The first-order chi connectivity index (χ1) is 19.0. The van der Waals surface area contributed by atoms with Gasteiger partial charge < -0.3 is 14.2 Å². The lowest BCUT2D eigenvalue weighted by Crippen LogP contribution is -2.54. The number of nitrogens with one attached hydrogen (secondary N) is 1. The van der Waals surface area contributed by atoms with Gasteiger partial charge in [-0.1, -0.05) is 0 Å². The summed E-state index contributed by atoms with van der Waals surface area (Å²) in [7, 11) is 2.77. The van der Waals surface area contributed by atoms with Gasteiger partial charge in [0.05, 0.1) is 39.4 Å². The molecule has 1 N–H and O–H groups in total. The largest absolute Gasteiger partial charge is 0.497 e. The fourth-order valence-electron chi connectivity index (χ4n) is 3.67. The minimum Gasteiger partial charge on any atom is -0.497 e. The van der Waals surface area contributed by atoms with Crippen molar-refractivity contribution in [3.63, 3.8) is 0 Å². The Morgan fingerprint density at radius 3 is 2.20 bits per heavy atom. The van der Waals surface area contributed by atoms with Gasteiger partial charge in [-0.15, -0.1) is 0 Å². The number of non-ortho nitro benzene ring substituents is 1. The fourth-order valence-corrected chi connectivity index (χ4v) is 4.41. The molecule has 0 aliphatic carbocycles. The van der Waals surface area contributed by atoms with E-state index in [0.717, 1.165) is 23.1 Å². The van der Waals surface area contributed by atoms with Crippen LogP contribution in [0.15, 0.2) is 60.2 Å². The zero-order valence-electron chi connectivity index (χ0n) is 20.6. The van der Waals surface area contributed by atoms with Crippen molar-refractivity contribution in [3.8, 4) is 23.0 Å². The van der Waals surface area contributed by atoms with Gasteiger partial charge in [0.1, 0.15) is 11.3 Å². The van der Waals surface area contributed by atoms with Gasteiger partial charge in [0.15, 0.2) is 11.5 Å². The molecule has 4 amide bonds. The van der Waals surface area contributed by atoms with Gasteiger partial charge in [-0.05, 0) is 76.7 Å². The molecular formula is C25H17IN4O10. The third-order valence-electron chi connectivity index (χ3n) is 5.56. The Hall–Kier alpha value is -5.06. The van der Waals surface area contributed by atoms with E-state index < -0.39 is 39.1 Å². The first-order valence-corrected chi connectivity index (χ1v) is 12.2. The number of nitro benzene ring substituents is 2. The first kappa shape index (κ1) is 28.0. The SMILES string of the molecule is COc1ccc(N2C(=O)NC(=O)/C(=C/c3cc(I)c(Oc4ccc([N+](=O)[O-])cc4[N+](=O)[O-])c(OC)c3)C2=O)cc1. The third-order valence-corrected chi connectivity index (χ3v) is 6.36. The average molecular weight is 660 g/mol. The Morgan fingerprint density at radius 1 is 0.900 bits per heavy atom. The quantitative estimate of drug-likeness (QED) is 0.118. The van der Waals surface area contributed by atoms with E-state index in [9.17, 15) is 34.6 Å². The summed E-state index contributed by atoms with van der Waals surface area (Å²) in [6, 6.07) is 11.0. The van der Waals surface area contributed by atoms with Crippen LogP contribution in [0.5, 0.6) is 23.0 Å². The highest BCUT2D eigenvalue weighted by atomic mass is 127. The summed E-state index contributed by atoms with van der Waals surface area (Å²) in [5.41, 5.74) is -0.934. The molecule has 3 aromatic rings. The van der Waals surface area contributed by atoms with Crippen LogP contribution in [0.3, 0.4) is 0 Å². The summed E-state index contributed by atoms with van der Waals surface area (Å²) in [4.78, 5) is 60.0. The summed E-state index contributed by atoms with van der Waals surface area (Å²) < 4.78 is 16.6. The van der Waals surface area contributed by atoms with Crippen LogP contribution in [0.1, 0.15) is 5.56 Å². The topological polar surface area (TPSA) is 180 Å². The molecule has 4 rings (SSSR count). The molecule has 204 valence electrons. The van der Waals surface area contributed by atoms with Crippen LogP contribution in [-0.2, 0) is 9.59 Å². The van der Waals surface area contributed by atoms with Gasteiger partial charge in [0.2, 0.25) is 5.75 Å². The lowest BCUT2D eigenvalue weighted by atomic mass is 10.1.